The highest BCUT2D eigenvalue weighted by Gasteiger charge is 2.32. The molecule has 0 bridgehead atoms. The van der Waals surface area contributed by atoms with E-state index < -0.39 is 40.9 Å². The largest absolute Gasteiger partial charge is 0.458 e. The van der Waals surface area contributed by atoms with Gasteiger partial charge in [0, 0.05) is 12.6 Å². The summed E-state index contributed by atoms with van der Waals surface area (Å²) in [7, 11) is 0. The van der Waals surface area contributed by atoms with Gasteiger partial charge in [-0.1, -0.05) is 0 Å². The highest BCUT2D eigenvalue weighted by Crippen LogP contribution is 2.19. The smallest absolute Gasteiger partial charge is 0.408 e. The molecule has 0 spiro atoms. The first-order valence-electron chi connectivity index (χ1n) is 11.0. The number of carbonyl (C=O) groups excluding carboxylic acids is 3. The number of carbonyl (C=O) groups is 3. The van der Waals surface area contributed by atoms with E-state index in [1.807, 2.05) is 0 Å². The standard InChI is InChI=1S/C24H34N4O6/c1-22(2,3)32-19(29)16(27-21(31)34-24(7,8)9)13-15-17(20(30)33-23(4,5)6)28-18-14(26-15)11-10-12-25-18/h10-12,16H,13H2,1-9H3,(H,27,31)/t16-/m0/s1. The number of fused-ring (bicyclic) bond motifs is 1. The van der Waals surface area contributed by atoms with Gasteiger partial charge < -0.3 is 19.5 Å². The van der Waals surface area contributed by atoms with E-state index in [0.29, 0.717) is 5.52 Å². The number of alkyl carbamates (subject to hydrolysis) is 1. The lowest BCUT2D eigenvalue weighted by molar-refractivity contribution is -0.157. The van der Waals surface area contributed by atoms with E-state index in [0.717, 1.165) is 0 Å². The summed E-state index contributed by atoms with van der Waals surface area (Å²) in [4.78, 5) is 51.4. The minimum absolute atomic E-state index is 0.0966. The molecule has 0 unspecified atom stereocenters. The van der Waals surface area contributed by atoms with Crippen molar-refractivity contribution in [2.24, 2.45) is 0 Å². The number of esters is 2. The molecule has 0 aliphatic heterocycles. The Morgan fingerprint density at radius 3 is 2.03 bits per heavy atom. The fourth-order valence-electron chi connectivity index (χ4n) is 2.77. The molecule has 2 aromatic heterocycles. The number of hydrogen-bond acceptors (Lipinski definition) is 9. The van der Waals surface area contributed by atoms with E-state index in [4.69, 9.17) is 14.2 Å². The predicted molar refractivity (Wildman–Crippen MR) is 125 cm³/mol. The van der Waals surface area contributed by atoms with Crippen LogP contribution in [-0.2, 0) is 25.4 Å². The van der Waals surface area contributed by atoms with Gasteiger partial charge in [-0.2, -0.15) is 0 Å². The van der Waals surface area contributed by atoms with Gasteiger partial charge >= 0.3 is 18.0 Å². The zero-order chi connectivity index (χ0) is 25.9. The molecule has 2 heterocycles. The molecule has 2 rings (SSSR count). The molecule has 0 aromatic carbocycles. The Bertz CT molecular complexity index is 1060. The molecule has 0 radical (unpaired) electrons. The average molecular weight is 475 g/mol. The van der Waals surface area contributed by atoms with Gasteiger partial charge in [0.1, 0.15) is 28.4 Å². The Hall–Kier alpha value is -3.30. The summed E-state index contributed by atoms with van der Waals surface area (Å²) >= 11 is 0. The zero-order valence-corrected chi connectivity index (χ0v) is 21.3. The molecule has 186 valence electrons. The van der Waals surface area contributed by atoms with Gasteiger partial charge in [-0.25, -0.2) is 29.3 Å². The number of aromatic nitrogens is 3. The first-order valence-corrected chi connectivity index (χ1v) is 11.0. The maximum atomic E-state index is 13.0. The number of nitrogens with one attached hydrogen (secondary N) is 1. The lowest BCUT2D eigenvalue weighted by Gasteiger charge is -2.26. The molecule has 1 N–H and O–H groups in total. The molecule has 0 aliphatic carbocycles. The molecule has 0 aliphatic rings. The van der Waals surface area contributed by atoms with Crippen LogP contribution in [0.4, 0.5) is 4.79 Å². The predicted octanol–water partition coefficient (Wildman–Crippen LogP) is 3.76. The van der Waals surface area contributed by atoms with Crippen LogP contribution in [0.3, 0.4) is 0 Å². The molecule has 2 aromatic rings. The average Bonchev–Trinajstić information content (AvgIpc) is 2.62. The van der Waals surface area contributed by atoms with Crippen LogP contribution in [0.2, 0.25) is 0 Å². The van der Waals surface area contributed by atoms with Gasteiger partial charge in [-0.3, -0.25) is 0 Å². The van der Waals surface area contributed by atoms with Crippen molar-refractivity contribution in [2.75, 3.05) is 0 Å². The Balaban J connectivity index is 2.50. The molecule has 34 heavy (non-hydrogen) atoms. The third-order valence-corrected chi connectivity index (χ3v) is 3.88. The van der Waals surface area contributed by atoms with Crippen LogP contribution >= 0.6 is 0 Å². The second-order valence-electron chi connectivity index (χ2n) is 10.8. The van der Waals surface area contributed by atoms with Crippen LogP contribution in [0.5, 0.6) is 0 Å². The summed E-state index contributed by atoms with van der Waals surface area (Å²) < 4.78 is 16.3. The number of rotatable bonds is 5. The molecule has 0 fully saturated rings. The van der Waals surface area contributed by atoms with E-state index in [-0.39, 0.29) is 23.5 Å². The Morgan fingerprint density at radius 1 is 0.882 bits per heavy atom. The third kappa shape index (κ3) is 8.57. The summed E-state index contributed by atoms with van der Waals surface area (Å²) in [5.74, 6) is -1.43. The van der Waals surface area contributed by atoms with E-state index >= 15 is 0 Å². The molecule has 1 atom stereocenters. The SMILES string of the molecule is CC(C)(C)OC(=O)N[C@@H](Cc1nc2cccnc2nc1C(=O)OC(C)(C)C)C(=O)OC(C)(C)C. The van der Waals surface area contributed by atoms with Crippen molar-refractivity contribution in [3.63, 3.8) is 0 Å². The minimum atomic E-state index is -1.20. The maximum absolute atomic E-state index is 13.0. The highest BCUT2D eigenvalue weighted by molar-refractivity contribution is 5.91. The van der Waals surface area contributed by atoms with Crippen molar-refractivity contribution < 1.29 is 28.6 Å². The van der Waals surface area contributed by atoms with Crippen molar-refractivity contribution in [1.29, 1.82) is 0 Å². The lowest BCUT2D eigenvalue weighted by atomic mass is 10.1. The summed E-state index contributed by atoms with van der Waals surface area (Å²) in [5.41, 5.74) is -1.64. The summed E-state index contributed by atoms with van der Waals surface area (Å²) in [6.07, 6.45) is 0.543. The summed E-state index contributed by atoms with van der Waals surface area (Å²) in [5, 5.41) is 2.54. The van der Waals surface area contributed by atoms with Crippen LogP contribution in [0.25, 0.3) is 11.2 Å². The third-order valence-electron chi connectivity index (χ3n) is 3.88. The van der Waals surface area contributed by atoms with Crippen molar-refractivity contribution in [1.82, 2.24) is 20.3 Å². The van der Waals surface area contributed by atoms with Crippen LogP contribution in [0, 0.1) is 0 Å². The topological polar surface area (TPSA) is 130 Å². The molecule has 0 saturated heterocycles. The molecule has 0 saturated carbocycles. The van der Waals surface area contributed by atoms with Crippen molar-refractivity contribution >= 4 is 29.2 Å². The summed E-state index contributed by atoms with van der Waals surface area (Å²) in [6, 6.07) is 2.17. The number of amides is 1. The van der Waals surface area contributed by atoms with E-state index in [2.05, 4.69) is 20.3 Å². The van der Waals surface area contributed by atoms with Crippen LogP contribution < -0.4 is 5.32 Å². The fourth-order valence-corrected chi connectivity index (χ4v) is 2.77. The molecule has 1 amide bonds. The Morgan fingerprint density at radius 2 is 1.47 bits per heavy atom. The van der Waals surface area contributed by atoms with Crippen molar-refractivity contribution in [3.8, 4) is 0 Å². The maximum Gasteiger partial charge on any atom is 0.408 e. The van der Waals surface area contributed by atoms with Crippen molar-refractivity contribution in [3.05, 3.63) is 29.7 Å². The molecule has 10 nitrogen and oxygen atoms in total. The van der Waals surface area contributed by atoms with Crippen LogP contribution in [-0.4, -0.2) is 55.8 Å². The molecular formula is C24H34N4O6. The van der Waals surface area contributed by atoms with Gasteiger partial charge in [0.2, 0.25) is 0 Å². The van der Waals surface area contributed by atoms with Crippen LogP contribution in [0.1, 0.15) is 78.5 Å². The van der Waals surface area contributed by atoms with E-state index in [1.54, 1.807) is 74.4 Å². The second kappa shape index (κ2) is 9.90. The minimum Gasteiger partial charge on any atom is -0.458 e. The van der Waals surface area contributed by atoms with E-state index in [9.17, 15) is 14.4 Å². The van der Waals surface area contributed by atoms with Gasteiger partial charge in [-0.15, -0.1) is 0 Å². The Kier molecular flexibility index (Phi) is 7.85. The second-order valence-corrected chi connectivity index (χ2v) is 10.8. The number of ether oxygens (including phenoxy) is 3. The monoisotopic (exact) mass is 474 g/mol. The first-order chi connectivity index (χ1) is 15.4. The number of hydrogen-bond donors (Lipinski definition) is 1. The fraction of sp³-hybridized carbons (Fsp3) is 0.583. The zero-order valence-electron chi connectivity index (χ0n) is 21.3. The van der Waals surface area contributed by atoms with Crippen molar-refractivity contribution in [2.45, 2.75) is 91.6 Å². The molecular weight excluding hydrogens is 440 g/mol. The van der Waals surface area contributed by atoms with E-state index in [1.165, 1.54) is 6.20 Å². The van der Waals surface area contributed by atoms with Gasteiger partial charge in [0.15, 0.2) is 11.3 Å². The quantitative estimate of drug-likeness (QED) is 0.508. The van der Waals surface area contributed by atoms with Gasteiger partial charge in [0.25, 0.3) is 0 Å². The normalized spacial score (nSPS) is 13.2. The number of nitrogens with zero attached hydrogens (tertiary/aromatic N) is 3. The lowest BCUT2D eigenvalue weighted by Crippen LogP contribution is -2.47. The van der Waals surface area contributed by atoms with Gasteiger partial charge in [0.05, 0.1) is 5.69 Å². The highest BCUT2D eigenvalue weighted by atomic mass is 16.6. The molecule has 10 heteroatoms. The Labute approximate surface area is 199 Å². The van der Waals surface area contributed by atoms with Gasteiger partial charge in [-0.05, 0) is 74.4 Å². The first kappa shape index (κ1) is 26.9. The van der Waals surface area contributed by atoms with Crippen LogP contribution in [0.15, 0.2) is 18.3 Å². The summed E-state index contributed by atoms with van der Waals surface area (Å²) in [6.45, 7) is 15.4. The number of pyridine rings is 1.